The Kier molecular flexibility index (Phi) is 7.68. The van der Waals surface area contributed by atoms with Gasteiger partial charge in [0.05, 0.1) is 49.8 Å². The zero-order chi connectivity index (χ0) is 32.5. The average molecular weight is 656 g/mol. The first kappa shape index (κ1) is 30.7. The molecule has 234 valence electrons. The predicted molar refractivity (Wildman–Crippen MR) is 173 cm³/mol. The SMILES string of the molecule is C=CC(=O)N1CC2CNc3c(F)c(-c4c(N)c(Cl)cc(Cl)c4F)nc4c3c(nc(=O)n4-c3c(C)ccnc3C(C)C)N2CC1C. The third-order valence-electron chi connectivity index (χ3n) is 8.40. The summed E-state index contributed by atoms with van der Waals surface area (Å²) >= 11 is 12.4. The first-order valence-corrected chi connectivity index (χ1v) is 15.1. The number of halogens is 4. The Labute approximate surface area is 267 Å². The average Bonchev–Trinajstić information content (AvgIpc) is 3.15. The van der Waals surface area contributed by atoms with E-state index < -0.39 is 34.6 Å². The molecule has 6 rings (SSSR count). The van der Waals surface area contributed by atoms with Gasteiger partial charge in [-0.1, -0.05) is 43.6 Å². The number of carbonyl (C=O) groups excluding carboxylic acids is 1. The number of rotatable bonds is 4. The Morgan fingerprint density at radius 1 is 1.20 bits per heavy atom. The van der Waals surface area contributed by atoms with Crippen LogP contribution < -0.4 is 21.6 Å². The molecule has 45 heavy (non-hydrogen) atoms. The number of fused-ring (bicyclic) bond motifs is 2. The molecule has 2 atom stereocenters. The maximum atomic E-state index is 16.8. The minimum atomic E-state index is -1.02. The number of nitrogens with one attached hydrogen (secondary N) is 1. The van der Waals surface area contributed by atoms with Crippen LogP contribution in [-0.2, 0) is 4.79 Å². The molecule has 10 nitrogen and oxygen atoms in total. The second-order valence-electron chi connectivity index (χ2n) is 11.6. The number of amides is 1. The molecule has 1 aromatic carbocycles. The van der Waals surface area contributed by atoms with Gasteiger partial charge in [0.25, 0.3) is 0 Å². The Hall–Kier alpha value is -4.29. The lowest BCUT2D eigenvalue weighted by Crippen LogP contribution is -2.60. The van der Waals surface area contributed by atoms with Crippen LogP contribution >= 0.6 is 23.2 Å². The third kappa shape index (κ3) is 4.78. The van der Waals surface area contributed by atoms with Crippen molar-refractivity contribution in [3.8, 4) is 16.9 Å². The van der Waals surface area contributed by atoms with Crippen molar-refractivity contribution < 1.29 is 13.6 Å². The van der Waals surface area contributed by atoms with E-state index in [4.69, 9.17) is 28.9 Å². The van der Waals surface area contributed by atoms with Gasteiger partial charge in [-0.2, -0.15) is 4.98 Å². The lowest BCUT2D eigenvalue weighted by molar-refractivity contribution is -0.128. The van der Waals surface area contributed by atoms with Crippen molar-refractivity contribution in [2.45, 2.75) is 45.7 Å². The lowest BCUT2D eigenvalue weighted by Gasteiger charge is -2.45. The number of pyridine rings is 2. The van der Waals surface area contributed by atoms with Crippen LogP contribution in [0, 0.1) is 18.6 Å². The summed E-state index contributed by atoms with van der Waals surface area (Å²) in [4.78, 5) is 44.1. The highest BCUT2D eigenvalue weighted by Gasteiger charge is 2.39. The van der Waals surface area contributed by atoms with Crippen LogP contribution in [0.15, 0.2) is 35.8 Å². The maximum absolute atomic E-state index is 16.8. The van der Waals surface area contributed by atoms with Crippen molar-refractivity contribution in [1.82, 2.24) is 24.4 Å². The van der Waals surface area contributed by atoms with Crippen molar-refractivity contribution in [3.63, 3.8) is 0 Å². The molecule has 1 saturated heterocycles. The number of aromatic nitrogens is 4. The maximum Gasteiger partial charge on any atom is 0.355 e. The smallest absolute Gasteiger partial charge is 0.355 e. The first-order valence-electron chi connectivity index (χ1n) is 14.3. The van der Waals surface area contributed by atoms with Gasteiger partial charge >= 0.3 is 5.69 Å². The summed E-state index contributed by atoms with van der Waals surface area (Å²) in [6.07, 6.45) is 2.89. The van der Waals surface area contributed by atoms with Gasteiger partial charge < -0.3 is 20.9 Å². The standard InChI is InChI=1S/C31H30Cl2F2N8O2/c1-6-19(44)41-12-16-10-38-26-21-29(42(16)11-15(41)5)40-31(45)43(28-14(4)7-8-37-25(28)13(2)3)30(21)39-27(23(26)35)20-22(34)17(32)9-18(33)24(20)36/h6-9,13,15-16,38H,1,10-12,36H2,2-5H3. The molecule has 0 aliphatic carbocycles. The molecule has 1 amide bonds. The van der Waals surface area contributed by atoms with Gasteiger partial charge in [0.1, 0.15) is 11.5 Å². The van der Waals surface area contributed by atoms with E-state index in [9.17, 15) is 9.59 Å². The number of nitrogens with two attached hydrogens (primary N) is 1. The highest BCUT2D eigenvalue weighted by atomic mass is 35.5. The second kappa shape index (κ2) is 11.3. The van der Waals surface area contributed by atoms with E-state index in [1.165, 1.54) is 10.6 Å². The zero-order valence-corrected chi connectivity index (χ0v) is 26.5. The summed E-state index contributed by atoms with van der Waals surface area (Å²) in [5.74, 6) is -2.12. The predicted octanol–water partition coefficient (Wildman–Crippen LogP) is 5.46. The van der Waals surface area contributed by atoms with E-state index in [1.807, 2.05) is 32.6 Å². The normalized spacial score (nSPS) is 17.7. The number of aryl methyl sites for hydroxylation is 1. The Balaban J connectivity index is 1.74. The molecule has 2 aliphatic rings. The van der Waals surface area contributed by atoms with Crippen molar-refractivity contribution in [2.24, 2.45) is 0 Å². The van der Waals surface area contributed by atoms with Gasteiger partial charge in [-0.05, 0) is 43.5 Å². The van der Waals surface area contributed by atoms with E-state index in [2.05, 4.69) is 26.8 Å². The quantitative estimate of drug-likeness (QED) is 0.169. The van der Waals surface area contributed by atoms with Crippen LogP contribution in [-0.4, -0.2) is 62.0 Å². The van der Waals surface area contributed by atoms with Crippen molar-refractivity contribution in [2.75, 3.05) is 35.6 Å². The van der Waals surface area contributed by atoms with E-state index in [0.29, 0.717) is 23.5 Å². The zero-order valence-electron chi connectivity index (χ0n) is 25.0. The molecule has 0 saturated carbocycles. The summed E-state index contributed by atoms with van der Waals surface area (Å²) in [6, 6.07) is 2.20. The monoisotopic (exact) mass is 654 g/mol. The van der Waals surface area contributed by atoms with Crippen LogP contribution in [0.5, 0.6) is 0 Å². The van der Waals surface area contributed by atoms with Crippen molar-refractivity contribution >= 4 is 57.3 Å². The summed E-state index contributed by atoms with van der Waals surface area (Å²) in [5.41, 5.74) is 5.98. The molecule has 1 fully saturated rings. The van der Waals surface area contributed by atoms with Crippen LogP contribution in [0.3, 0.4) is 0 Å². The summed E-state index contributed by atoms with van der Waals surface area (Å²) < 4.78 is 33.7. The van der Waals surface area contributed by atoms with Gasteiger partial charge in [0.2, 0.25) is 5.91 Å². The van der Waals surface area contributed by atoms with E-state index in [0.717, 1.165) is 6.07 Å². The molecule has 3 N–H and O–H groups in total. The Morgan fingerprint density at radius 3 is 2.62 bits per heavy atom. The van der Waals surface area contributed by atoms with Gasteiger partial charge in [0, 0.05) is 31.9 Å². The topological polar surface area (TPSA) is 122 Å². The van der Waals surface area contributed by atoms with Crippen molar-refractivity contribution in [1.29, 1.82) is 0 Å². The summed E-state index contributed by atoms with van der Waals surface area (Å²) in [6.45, 7) is 11.9. The number of nitrogens with zero attached hydrogens (tertiary/aromatic N) is 6. The minimum Gasteiger partial charge on any atom is -0.397 e. The molecule has 2 aliphatic heterocycles. The Morgan fingerprint density at radius 2 is 1.93 bits per heavy atom. The summed E-state index contributed by atoms with van der Waals surface area (Å²) in [7, 11) is 0. The lowest BCUT2D eigenvalue weighted by atomic mass is 10.0. The third-order valence-corrected chi connectivity index (χ3v) is 8.99. The highest BCUT2D eigenvalue weighted by Crippen LogP contribution is 2.44. The number of hydrogen-bond donors (Lipinski definition) is 2. The molecule has 14 heteroatoms. The molecule has 2 unspecified atom stereocenters. The molecule has 5 heterocycles. The van der Waals surface area contributed by atoms with Crippen LogP contribution in [0.1, 0.15) is 37.9 Å². The van der Waals surface area contributed by atoms with Gasteiger partial charge in [-0.15, -0.1) is 0 Å². The fraction of sp³-hybridized carbons (Fsp3) is 0.323. The number of benzene rings is 1. The molecular formula is C31H30Cl2F2N8O2. The van der Waals surface area contributed by atoms with Crippen molar-refractivity contribution in [3.05, 3.63) is 74.4 Å². The van der Waals surface area contributed by atoms with Crippen LogP contribution in [0.25, 0.3) is 28.0 Å². The fourth-order valence-corrected chi connectivity index (χ4v) is 6.66. The number of hydrogen-bond acceptors (Lipinski definition) is 8. The number of piperazine rings is 1. The van der Waals surface area contributed by atoms with Gasteiger partial charge in [-0.3, -0.25) is 9.78 Å². The van der Waals surface area contributed by atoms with E-state index in [-0.39, 0.29) is 69.2 Å². The van der Waals surface area contributed by atoms with E-state index >= 15 is 8.78 Å². The van der Waals surface area contributed by atoms with Gasteiger partial charge in [0.15, 0.2) is 17.3 Å². The first-order chi connectivity index (χ1) is 21.3. The Bertz CT molecular complexity index is 1960. The molecule has 0 bridgehead atoms. The minimum absolute atomic E-state index is 0.00898. The second-order valence-corrected chi connectivity index (χ2v) is 12.4. The highest BCUT2D eigenvalue weighted by molar-refractivity contribution is 6.37. The molecule has 3 aromatic heterocycles. The number of anilines is 3. The fourth-order valence-electron chi connectivity index (χ4n) is 6.19. The molecule has 4 aromatic rings. The van der Waals surface area contributed by atoms with Crippen LogP contribution in [0.2, 0.25) is 10.0 Å². The summed E-state index contributed by atoms with van der Waals surface area (Å²) in [5, 5.41) is 2.90. The largest absolute Gasteiger partial charge is 0.397 e. The van der Waals surface area contributed by atoms with Crippen LogP contribution in [0.4, 0.5) is 26.0 Å². The van der Waals surface area contributed by atoms with E-state index in [1.54, 1.807) is 17.2 Å². The number of nitrogen functional groups attached to an aromatic ring is 1. The molecular weight excluding hydrogens is 625 g/mol. The number of carbonyl (C=O) groups is 1. The molecule has 0 radical (unpaired) electrons. The molecule has 0 spiro atoms. The van der Waals surface area contributed by atoms with Gasteiger partial charge in [-0.25, -0.2) is 23.1 Å².